The lowest BCUT2D eigenvalue weighted by Crippen LogP contribution is -2.60. The van der Waals surface area contributed by atoms with Crippen molar-refractivity contribution >= 4 is 35.1 Å². The summed E-state index contributed by atoms with van der Waals surface area (Å²) < 4.78 is 5.57. The van der Waals surface area contributed by atoms with E-state index in [-0.39, 0.29) is 17.2 Å². The number of hydrogen-bond acceptors (Lipinski definition) is 5. The molecule has 0 aromatic heterocycles. The van der Waals surface area contributed by atoms with E-state index in [4.69, 9.17) is 22.1 Å². The summed E-state index contributed by atoms with van der Waals surface area (Å²) in [7, 11) is 0. The van der Waals surface area contributed by atoms with Gasteiger partial charge in [0.25, 0.3) is 5.91 Å². The van der Waals surface area contributed by atoms with Crippen LogP contribution in [0.2, 0.25) is 5.02 Å². The number of carboxylic acid groups (broad SMARTS) is 1. The number of ether oxygens (including phenoxy) is 1. The number of nitrogens with two attached hydrogens (primary N) is 1. The SMILES string of the molecule is NC(C1=CCC(C(=O)O)CC1)=C1CCC(C(=O)N2CC3(CCOC3)C2)CC1=NC(=O)c1c(Cl)cccc1C1CC1. The highest BCUT2D eigenvalue weighted by atomic mass is 35.5. The normalized spacial score (nSPS) is 28.3. The summed E-state index contributed by atoms with van der Waals surface area (Å²) in [5, 5.41) is 9.77. The molecule has 3 aliphatic carbocycles. The molecule has 2 saturated heterocycles. The maximum atomic E-state index is 13.7. The van der Waals surface area contributed by atoms with Crippen LogP contribution in [-0.4, -0.2) is 59.8 Å². The van der Waals surface area contributed by atoms with Gasteiger partial charge in [-0.25, -0.2) is 4.99 Å². The van der Waals surface area contributed by atoms with Crippen LogP contribution in [0.4, 0.5) is 0 Å². The monoisotopic (exact) mass is 565 g/mol. The zero-order chi connectivity index (χ0) is 28.0. The number of amides is 2. The Balaban J connectivity index is 1.29. The fraction of sp³-hybridized carbons (Fsp3) is 0.548. The lowest BCUT2D eigenvalue weighted by atomic mass is 9.76. The number of aliphatic carboxylic acids is 1. The molecule has 3 N–H and O–H groups in total. The number of carbonyl (C=O) groups excluding carboxylic acids is 2. The first-order valence-electron chi connectivity index (χ1n) is 14.4. The summed E-state index contributed by atoms with van der Waals surface area (Å²) >= 11 is 6.53. The molecule has 2 atom stereocenters. The number of likely N-dealkylation sites (tertiary alicyclic amines) is 1. The minimum atomic E-state index is -0.795. The third-order valence-electron chi connectivity index (χ3n) is 9.37. The van der Waals surface area contributed by atoms with E-state index in [9.17, 15) is 19.5 Å². The van der Waals surface area contributed by atoms with Crippen LogP contribution in [-0.2, 0) is 14.3 Å². The van der Waals surface area contributed by atoms with Crippen LogP contribution in [0, 0.1) is 17.3 Å². The third-order valence-corrected chi connectivity index (χ3v) is 9.69. The predicted molar refractivity (Wildman–Crippen MR) is 151 cm³/mol. The number of benzene rings is 1. The number of rotatable bonds is 5. The van der Waals surface area contributed by atoms with Crippen molar-refractivity contribution in [3.8, 4) is 0 Å². The van der Waals surface area contributed by atoms with Crippen LogP contribution in [0.25, 0.3) is 0 Å². The van der Waals surface area contributed by atoms with Gasteiger partial charge in [0.1, 0.15) is 0 Å². The Morgan fingerprint density at radius 3 is 2.52 bits per heavy atom. The van der Waals surface area contributed by atoms with Gasteiger partial charge in [0.15, 0.2) is 0 Å². The van der Waals surface area contributed by atoms with Crippen LogP contribution in [0.15, 0.2) is 46.1 Å². The molecule has 2 aliphatic heterocycles. The topological polar surface area (TPSA) is 122 Å². The van der Waals surface area contributed by atoms with Crippen molar-refractivity contribution in [3.05, 3.63) is 57.3 Å². The second kappa shape index (κ2) is 10.8. The first-order valence-corrected chi connectivity index (χ1v) is 14.8. The summed E-state index contributed by atoms with van der Waals surface area (Å²) in [6.45, 7) is 2.91. The average molecular weight is 566 g/mol. The molecule has 2 amide bonds. The van der Waals surface area contributed by atoms with E-state index in [1.165, 1.54) is 0 Å². The number of allylic oxidation sites excluding steroid dienone is 3. The molecule has 1 aromatic rings. The van der Waals surface area contributed by atoms with Crippen molar-refractivity contribution < 1.29 is 24.2 Å². The summed E-state index contributed by atoms with van der Waals surface area (Å²) in [5.74, 6) is -1.43. The molecular weight excluding hydrogens is 530 g/mol. The maximum absolute atomic E-state index is 13.7. The van der Waals surface area contributed by atoms with Gasteiger partial charge in [0.05, 0.1) is 28.8 Å². The van der Waals surface area contributed by atoms with Gasteiger partial charge in [-0.1, -0.05) is 29.8 Å². The van der Waals surface area contributed by atoms with Gasteiger partial charge in [-0.3, -0.25) is 14.4 Å². The van der Waals surface area contributed by atoms with E-state index in [0.29, 0.717) is 73.0 Å². The first kappa shape index (κ1) is 27.2. The van der Waals surface area contributed by atoms with Crippen LogP contribution < -0.4 is 5.73 Å². The van der Waals surface area contributed by atoms with Gasteiger partial charge < -0.3 is 20.5 Å². The molecule has 1 spiro atoms. The Bertz CT molecular complexity index is 1330. The zero-order valence-electron chi connectivity index (χ0n) is 22.7. The number of nitrogens with zero attached hydrogens (tertiary/aromatic N) is 2. The van der Waals surface area contributed by atoms with Crippen LogP contribution in [0.1, 0.15) is 79.6 Å². The molecule has 9 heteroatoms. The largest absolute Gasteiger partial charge is 0.481 e. The van der Waals surface area contributed by atoms with E-state index in [1.54, 1.807) is 6.07 Å². The molecule has 8 nitrogen and oxygen atoms in total. The molecular formula is C31H36ClN3O5. The number of aliphatic imine (C=N–C) groups is 1. The fourth-order valence-corrected chi connectivity index (χ4v) is 7.05. The smallest absolute Gasteiger partial charge is 0.306 e. The van der Waals surface area contributed by atoms with Crippen LogP contribution in [0.5, 0.6) is 0 Å². The second-order valence-corrected chi connectivity index (χ2v) is 12.6. The van der Waals surface area contributed by atoms with Crippen LogP contribution in [0.3, 0.4) is 0 Å². The minimum Gasteiger partial charge on any atom is -0.481 e. The highest BCUT2D eigenvalue weighted by Crippen LogP contribution is 2.44. The Morgan fingerprint density at radius 2 is 1.88 bits per heavy atom. The van der Waals surface area contributed by atoms with Crippen molar-refractivity contribution in [1.29, 1.82) is 0 Å². The molecule has 0 radical (unpaired) electrons. The number of carbonyl (C=O) groups is 3. The highest BCUT2D eigenvalue weighted by Gasteiger charge is 2.49. The number of halogens is 1. The van der Waals surface area contributed by atoms with E-state index >= 15 is 0 Å². The fourth-order valence-electron chi connectivity index (χ4n) is 6.79. The Hall–Kier alpha value is -2.97. The lowest BCUT2D eigenvalue weighted by molar-refractivity contribution is -0.148. The van der Waals surface area contributed by atoms with Crippen molar-refractivity contribution in [2.75, 3.05) is 26.3 Å². The zero-order valence-corrected chi connectivity index (χ0v) is 23.4. The molecule has 2 saturated carbocycles. The van der Waals surface area contributed by atoms with E-state index in [0.717, 1.165) is 55.7 Å². The van der Waals surface area contributed by atoms with Gasteiger partial charge >= 0.3 is 5.97 Å². The Kier molecular flexibility index (Phi) is 7.34. The predicted octanol–water partition coefficient (Wildman–Crippen LogP) is 4.87. The second-order valence-electron chi connectivity index (χ2n) is 12.2. The molecule has 4 fully saturated rings. The molecule has 40 heavy (non-hydrogen) atoms. The number of carboxylic acids is 1. The van der Waals surface area contributed by atoms with Gasteiger partial charge in [-0.05, 0) is 80.1 Å². The Morgan fingerprint density at radius 1 is 1.10 bits per heavy atom. The molecule has 0 bridgehead atoms. The minimum absolute atomic E-state index is 0.105. The van der Waals surface area contributed by atoms with Gasteiger partial charge in [-0.15, -0.1) is 0 Å². The molecule has 212 valence electrons. The van der Waals surface area contributed by atoms with Gasteiger partial charge in [0, 0.05) is 43.1 Å². The van der Waals surface area contributed by atoms with Gasteiger partial charge in [0.2, 0.25) is 5.91 Å². The summed E-state index contributed by atoms with van der Waals surface area (Å²) in [4.78, 5) is 45.2. The quantitative estimate of drug-likeness (QED) is 0.525. The van der Waals surface area contributed by atoms with Crippen molar-refractivity contribution in [2.45, 2.75) is 63.7 Å². The average Bonchev–Trinajstić information content (AvgIpc) is 3.66. The van der Waals surface area contributed by atoms with E-state index < -0.39 is 17.8 Å². The standard InChI is InChI=1S/C31H36ClN3O5/c32-24-3-1-2-22(18-4-5-18)26(24)28(36)34-25-14-21(29(37)35-15-31(16-35)12-13-40-17-31)10-11-23(25)27(33)19-6-8-20(9-7-19)30(38)39/h1-3,6,18,20-21H,4-5,7-17,33H2,(H,38,39). The number of hydrogen-bond donors (Lipinski definition) is 2. The molecule has 5 aliphatic rings. The van der Waals surface area contributed by atoms with Crippen LogP contribution >= 0.6 is 11.6 Å². The van der Waals surface area contributed by atoms with E-state index in [2.05, 4.69) is 4.99 Å². The first-order chi connectivity index (χ1) is 19.2. The molecule has 2 unspecified atom stereocenters. The third kappa shape index (κ3) is 5.23. The molecule has 2 heterocycles. The summed E-state index contributed by atoms with van der Waals surface area (Å²) in [6.07, 6.45) is 7.97. The molecule has 1 aromatic carbocycles. The maximum Gasteiger partial charge on any atom is 0.306 e. The van der Waals surface area contributed by atoms with Crippen molar-refractivity contribution in [2.24, 2.45) is 28.0 Å². The Labute approximate surface area is 239 Å². The summed E-state index contributed by atoms with van der Waals surface area (Å²) in [6, 6.07) is 5.54. The van der Waals surface area contributed by atoms with Crippen molar-refractivity contribution in [1.82, 2.24) is 4.90 Å². The van der Waals surface area contributed by atoms with Gasteiger partial charge in [-0.2, -0.15) is 0 Å². The lowest BCUT2D eigenvalue weighted by Gasteiger charge is -2.48. The molecule has 6 rings (SSSR count). The highest BCUT2D eigenvalue weighted by molar-refractivity contribution is 6.34. The van der Waals surface area contributed by atoms with E-state index in [1.807, 2.05) is 23.1 Å². The van der Waals surface area contributed by atoms with Crippen molar-refractivity contribution in [3.63, 3.8) is 0 Å². The summed E-state index contributed by atoms with van der Waals surface area (Å²) in [5.41, 5.74) is 11.0.